The number of hydrogen-bond acceptors (Lipinski definition) is 3. The van der Waals surface area contributed by atoms with Crippen molar-refractivity contribution < 1.29 is 13.9 Å². The molecular weight excluding hydrogens is 425 g/mol. The zero-order chi connectivity index (χ0) is 23.9. The molecule has 3 saturated carbocycles. The molecule has 0 aromatic heterocycles. The van der Waals surface area contributed by atoms with Crippen LogP contribution in [-0.4, -0.2) is 17.3 Å². The summed E-state index contributed by atoms with van der Waals surface area (Å²) in [5.41, 5.74) is 3.74. The number of allylic oxidation sites excluding steroid dienone is 5. The first kappa shape index (κ1) is 22.0. The number of ketones is 1. The lowest BCUT2D eigenvalue weighted by molar-refractivity contribution is -0.131. The van der Waals surface area contributed by atoms with Gasteiger partial charge in [0.25, 0.3) is 0 Å². The van der Waals surface area contributed by atoms with Gasteiger partial charge in [0, 0.05) is 22.8 Å². The van der Waals surface area contributed by atoms with Gasteiger partial charge in [0.15, 0.2) is 0 Å². The van der Waals surface area contributed by atoms with E-state index < -0.39 is 5.60 Å². The van der Waals surface area contributed by atoms with Crippen LogP contribution in [-0.2, 0) is 9.53 Å². The number of hydrogen-bond donors (Lipinski definition) is 0. The molecule has 0 amide bonds. The molecule has 178 valence electrons. The molecule has 1 aliphatic heterocycles. The van der Waals surface area contributed by atoms with Crippen molar-refractivity contribution in [1.29, 1.82) is 0 Å². The fourth-order valence-corrected chi connectivity index (χ4v) is 7.82. The molecule has 3 fully saturated rings. The number of aliphatic imine (C=N–C) groups is 1. The highest BCUT2D eigenvalue weighted by Gasteiger charge is 2.58. The maximum Gasteiger partial charge on any atom is 0.222 e. The van der Waals surface area contributed by atoms with Crippen LogP contribution in [0.1, 0.15) is 71.8 Å². The van der Waals surface area contributed by atoms with E-state index in [0.717, 1.165) is 48.9 Å². The van der Waals surface area contributed by atoms with Gasteiger partial charge in [-0.05, 0) is 93.5 Å². The maximum atomic E-state index is 13.4. The molecule has 1 aromatic carbocycles. The highest BCUT2D eigenvalue weighted by molar-refractivity contribution is 5.97. The van der Waals surface area contributed by atoms with Crippen molar-refractivity contribution in [2.75, 3.05) is 0 Å². The van der Waals surface area contributed by atoms with Crippen molar-refractivity contribution in [1.82, 2.24) is 0 Å². The van der Waals surface area contributed by atoms with E-state index in [0.29, 0.717) is 29.4 Å². The molecule has 0 saturated heterocycles. The number of benzene rings is 1. The SMILES string of the molecule is CC1(C)OC(c2ccc(F)cc2)=N/C1=C1\C=C[C@@]2(C)C(=C1)CC[C@@H]1[C@@H]2CC[C@]2(C)C(=O)CC[C@@H]12. The second-order valence-corrected chi connectivity index (χ2v) is 12.0. The number of halogens is 1. The topological polar surface area (TPSA) is 38.7 Å². The Morgan fingerprint density at radius 1 is 1.00 bits per heavy atom. The lowest BCUT2D eigenvalue weighted by atomic mass is 9.48. The van der Waals surface area contributed by atoms with E-state index in [-0.39, 0.29) is 16.6 Å². The van der Waals surface area contributed by atoms with Gasteiger partial charge in [0.1, 0.15) is 17.2 Å². The summed E-state index contributed by atoms with van der Waals surface area (Å²) in [5, 5.41) is 0. The number of fused-ring (bicyclic) bond motifs is 5. The third-order valence-corrected chi connectivity index (χ3v) is 9.79. The van der Waals surface area contributed by atoms with Crippen molar-refractivity contribution in [2.24, 2.45) is 33.6 Å². The minimum Gasteiger partial charge on any atom is -0.465 e. The van der Waals surface area contributed by atoms with E-state index in [1.165, 1.54) is 24.1 Å². The third-order valence-electron chi connectivity index (χ3n) is 9.79. The van der Waals surface area contributed by atoms with E-state index in [4.69, 9.17) is 9.73 Å². The Labute approximate surface area is 201 Å². The molecule has 5 aliphatic rings. The summed E-state index contributed by atoms with van der Waals surface area (Å²) < 4.78 is 19.6. The predicted molar refractivity (Wildman–Crippen MR) is 132 cm³/mol. The number of ether oxygens (including phenoxy) is 1. The van der Waals surface area contributed by atoms with Gasteiger partial charge < -0.3 is 4.74 Å². The van der Waals surface area contributed by atoms with Crippen molar-refractivity contribution in [2.45, 2.75) is 71.8 Å². The number of Topliss-reactive ketones (excluding diaryl/α,β-unsaturated/α-hetero) is 1. The summed E-state index contributed by atoms with van der Waals surface area (Å²) in [4.78, 5) is 17.6. The van der Waals surface area contributed by atoms with Gasteiger partial charge in [0.05, 0.1) is 5.70 Å². The smallest absolute Gasteiger partial charge is 0.222 e. The monoisotopic (exact) mass is 459 g/mol. The number of nitrogens with zero attached hydrogens (tertiary/aromatic N) is 1. The van der Waals surface area contributed by atoms with Crippen molar-refractivity contribution in [3.8, 4) is 0 Å². The Hall–Kier alpha value is -2.49. The average Bonchev–Trinajstić information content (AvgIpc) is 3.29. The lowest BCUT2D eigenvalue weighted by Crippen LogP contribution is -2.49. The van der Waals surface area contributed by atoms with Crippen LogP contribution in [0, 0.1) is 34.4 Å². The summed E-state index contributed by atoms with van der Waals surface area (Å²) in [6.45, 7) is 8.75. The molecular formula is C30H34FNO2. The molecule has 5 atom stereocenters. The second kappa shape index (κ2) is 7.26. The van der Waals surface area contributed by atoms with Crippen LogP contribution in [0.3, 0.4) is 0 Å². The maximum absolute atomic E-state index is 13.4. The predicted octanol–water partition coefficient (Wildman–Crippen LogP) is 6.94. The number of carbonyl (C=O) groups excluding carboxylic acids is 1. The molecule has 0 N–H and O–H groups in total. The van der Waals surface area contributed by atoms with Gasteiger partial charge in [-0.1, -0.05) is 37.6 Å². The van der Waals surface area contributed by atoms with Gasteiger partial charge in [-0.15, -0.1) is 0 Å². The average molecular weight is 460 g/mol. The molecule has 0 unspecified atom stereocenters. The lowest BCUT2D eigenvalue weighted by Gasteiger charge is -2.55. The summed E-state index contributed by atoms with van der Waals surface area (Å²) in [6, 6.07) is 6.32. The van der Waals surface area contributed by atoms with E-state index in [1.54, 1.807) is 12.1 Å². The Balaban J connectivity index is 1.34. The van der Waals surface area contributed by atoms with Gasteiger partial charge in [-0.25, -0.2) is 9.38 Å². The van der Waals surface area contributed by atoms with Crippen LogP contribution in [0.2, 0.25) is 0 Å². The van der Waals surface area contributed by atoms with Crippen LogP contribution >= 0.6 is 0 Å². The zero-order valence-corrected chi connectivity index (χ0v) is 20.7. The Morgan fingerprint density at radius 2 is 1.76 bits per heavy atom. The van der Waals surface area contributed by atoms with Gasteiger partial charge >= 0.3 is 0 Å². The van der Waals surface area contributed by atoms with Crippen LogP contribution in [0.4, 0.5) is 4.39 Å². The largest absolute Gasteiger partial charge is 0.465 e. The van der Waals surface area contributed by atoms with E-state index in [9.17, 15) is 9.18 Å². The summed E-state index contributed by atoms with van der Waals surface area (Å²) in [7, 11) is 0. The number of carbonyl (C=O) groups is 1. The third kappa shape index (κ3) is 3.06. The molecule has 3 nitrogen and oxygen atoms in total. The van der Waals surface area contributed by atoms with Crippen molar-refractivity contribution in [3.63, 3.8) is 0 Å². The second-order valence-electron chi connectivity index (χ2n) is 12.0. The Bertz CT molecular complexity index is 1190. The van der Waals surface area contributed by atoms with Crippen LogP contribution in [0.15, 0.2) is 64.3 Å². The highest BCUT2D eigenvalue weighted by atomic mass is 19.1. The first-order valence-corrected chi connectivity index (χ1v) is 12.8. The van der Waals surface area contributed by atoms with Crippen LogP contribution in [0.25, 0.3) is 0 Å². The summed E-state index contributed by atoms with van der Waals surface area (Å²) in [5.74, 6) is 2.59. The molecule has 1 aromatic rings. The molecule has 0 radical (unpaired) electrons. The molecule has 34 heavy (non-hydrogen) atoms. The van der Waals surface area contributed by atoms with E-state index in [2.05, 4.69) is 32.1 Å². The Morgan fingerprint density at radius 3 is 2.53 bits per heavy atom. The normalized spacial score (nSPS) is 40.1. The molecule has 4 aliphatic carbocycles. The molecule has 6 rings (SSSR count). The molecule has 4 heteroatoms. The van der Waals surface area contributed by atoms with E-state index in [1.807, 2.05) is 13.8 Å². The fraction of sp³-hybridized carbons (Fsp3) is 0.533. The first-order valence-electron chi connectivity index (χ1n) is 12.8. The highest BCUT2D eigenvalue weighted by Crippen LogP contribution is 2.64. The van der Waals surface area contributed by atoms with Crippen LogP contribution < -0.4 is 0 Å². The van der Waals surface area contributed by atoms with E-state index >= 15 is 0 Å². The summed E-state index contributed by atoms with van der Waals surface area (Å²) >= 11 is 0. The molecule has 0 bridgehead atoms. The first-order chi connectivity index (χ1) is 16.1. The van der Waals surface area contributed by atoms with Gasteiger partial charge in [0.2, 0.25) is 5.90 Å². The minimum atomic E-state index is -0.553. The standard InChI is InChI=1S/C30H34FNO2/c1-28(2)26(32-27(34-28)18-5-8-21(31)9-6-18)19-13-15-29(3)20(17-19)7-10-22-23-11-12-25(33)30(23,4)16-14-24(22)29/h5-6,8-9,13,15,17,22-24H,7,10-12,14,16H2,1-4H3/b26-19+/t22-,23-,24-,29-,30-/m0/s1. The summed E-state index contributed by atoms with van der Waals surface area (Å²) in [6.07, 6.45) is 13.3. The van der Waals surface area contributed by atoms with Gasteiger partial charge in [-0.2, -0.15) is 0 Å². The van der Waals surface area contributed by atoms with Gasteiger partial charge in [-0.3, -0.25) is 4.79 Å². The van der Waals surface area contributed by atoms with Crippen molar-refractivity contribution in [3.05, 3.63) is 70.7 Å². The Kier molecular flexibility index (Phi) is 4.70. The minimum absolute atomic E-state index is 0.0487. The quantitative estimate of drug-likeness (QED) is 0.456. The van der Waals surface area contributed by atoms with Crippen LogP contribution in [0.5, 0.6) is 0 Å². The number of rotatable bonds is 1. The van der Waals surface area contributed by atoms with Crippen molar-refractivity contribution >= 4 is 11.7 Å². The molecule has 0 spiro atoms. The zero-order valence-electron chi connectivity index (χ0n) is 20.7. The fourth-order valence-electron chi connectivity index (χ4n) is 7.82. The molecule has 1 heterocycles.